The number of hydrogen-bond donors (Lipinski definition) is 3. The summed E-state index contributed by atoms with van der Waals surface area (Å²) in [4.78, 5) is 12.1. The van der Waals surface area contributed by atoms with E-state index in [-0.39, 0.29) is 5.91 Å². The lowest BCUT2D eigenvalue weighted by Gasteiger charge is -2.05. The molecule has 1 aromatic rings. The van der Waals surface area contributed by atoms with Crippen molar-refractivity contribution in [2.24, 2.45) is 5.73 Å². The Labute approximate surface area is 93.9 Å². The lowest BCUT2D eigenvalue weighted by Crippen LogP contribution is -2.18. The monoisotopic (exact) mass is 227 g/mol. The molecule has 0 atom stereocenters. The SMILES string of the molecule is CC(=O)Nc1ccsc1CNCCCN. The van der Waals surface area contributed by atoms with E-state index in [1.807, 2.05) is 11.4 Å². The van der Waals surface area contributed by atoms with E-state index < -0.39 is 0 Å². The van der Waals surface area contributed by atoms with Crippen molar-refractivity contribution >= 4 is 22.9 Å². The van der Waals surface area contributed by atoms with E-state index in [1.165, 1.54) is 6.92 Å². The van der Waals surface area contributed by atoms with E-state index in [9.17, 15) is 4.79 Å². The predicted octanol–water partition coefficient (Wildman–Crippen LogP) is 1.14. The van der Waals surface area contributed by atoms with Gasteiger partial charge in [-0.1, -0.05) is 0 Å². The fraction of sp³-hybridized carbons (Fsp3) is 0.500. The smallest absolute Gasteiger partial charge is 0.221 e. The van der Waals surface area contributed by atoms with Gasteiger partial charge in [-0.15, -0.1) is 11.3 Å². The maximum atomic E-state index is 10.9. The molecule has 0 saturated heterocycles. The van der Waals surface area contributed by atoms with Crippen LogP contribution < -0.4 is 16.4 Å². The average Bonchev–Trinajstić information content (AvgIpc) is 2.59. The second-order valence-corrected chi connectivity index (χ2v) is 4.26. The molecule has 0 aromatic carbocycles. The number of carbonyl (C=O) groups is 1. The van der Waals surface area contributed by atoms with E-state index in [4.69, 9.17) is 5.73 Å². The quantitative estimate of drug-likeness (QED) is 0.639. The second-order valence-electron chi connectivity index (χ2n) is 3.26. The van der Waals surface area contributed by atoms with Gasteiger partial charge >= 0.3 is 0 Å². The van der Waals surface area contributed by atoms with Crippen LogP contribution >= 0.6 is 11.3 Å². The van der Waals surface area contributed by atoms with Crippen LogP contribution in [0.1, 0.15) is 18.2 Å². The molecule has 1 aromatic heterocycles. The molecule has 4 N–H and O–H groups in total. The number of anilines is 1. The van der Waals surface area contributed by atoms with Crippen LogP contribution in [0.25, 0.3) is 0 Å². The summed E-state index contributed by atoms with van der Waals surface area (Å²) >= 11 is 1.64. The minimum absolute atomic E-state index is 0.0309. The van der Waals surface area contributed by atoms with Crippen LogP contribution in [0.4, 0.5) is 5.69 Å². The van der Waals surface area contributed by atoms with Crippen molar-refractivity contribution in [1.29, 1.82) is 0 Å². The summed E-state index contributed by atoms with van der Waals surface area (Å²) in [6.07, 6.45) is 0.973. The van der Waals surface area contributed by atoms with Gasteiger partial charge in [0.25, 0.3) is 0 Å². The van der Waals surface area contributed by atoms with Gasteiger partial charge < -0.3 is 16.4 Å². The number of thiophene rings is 1. The molecule has 0 aliphatic carbocycles. The highest BCUT2D eigenvalue weighted by atomic mass is 32.1. The molecule has 1 heterocycles. The van der Waals surface area contributed by atoms with E-state index in [2.05, 4.69) is 10.6 Å². The highest BCUT2D eigenvalue weighted by Gasteiger charge is 2.04. The Morgan fingerprint density at radius 3 is 3.07 bits per heavy atom. The zero-order valence-electron chi connectivity index (χ0n) is 8.88. The van der Waals surface area contributed by atoms with E-state index in [0.717, 1.165) is 30.1 Å². The van der Waals surface area contributed by atoms with Crippen molar-refractivity contribution < 1.29 is 4.79 Å². The third-order valence-corrected chi connectivity index (χ3v) is 2.82. The number of rotatable bonds is 6. The van der Waals surface area contributed by atoms with Crippen molar-refractivity contribution in [2.45, 2.75) is 19.9 Å². The molecule has 15 heavy (non-hydrogen) atoms. The van der Waals surface area contributed by atoms with Crippen LogP contribution in [0.15, 0.2) is 11.4 Å². The molecule has 1 amide bonds. The predicted molar refractivity (Wildman–Crippen MR) is 64.0 cm³/mol. The molecule has 0 aliphatic heterocycles. The minimum atomic E-state index is -0.0309. The Morgan fingerprint density at radius 1 is 1.60 bits per heavy atom. The molecule has 4 nitrogen and oxygen atoms in total. The Morgan fingerprint density at radius 2 is 2.40 bits per heavy atom. The number of hydrogen-bond acceptors (Lipinski definition) is 4. The van der Waals surface area contributed by atoms with Crippen LogP contribution in [-0.2, 0) is 11.3 Å². The van der Waals surface area contributed by atoms with Gasteiger partial charge in [0.1, 0.15) is 0 Å². The summed E-state index contributed by atoms with van der Waals surface area (Å²) in [5.41, 5.74) is 6.30. The molecule has 0 bridgehead atoms. The van der Waals surface area contributed by atoms with Gasteiger partial charge in [-0.3, -0.25) is 4.79 Å². The number of carbonyl (C=O) groups excluding carboxylic acids is 1. The molecule has 0 fully saturated rings. The Hall–Kier alpha value is -0.910. The summed E-state index contributed by atoms with van der Waals surface area (Å²) in [5, 5.41) is 8.06. The molecule has 0 aliphatic rings. The normalized spacial score (nSPS) is 10.3. The average molecular weight is 227 g/mol. The Bertz CT molecular complexity index is 311. The second kappa shape index (κ2) is 6.55. The van der Waals surface area contributed by atoms with Gasteiger partial charge in [0.2, 0.25) is 5.91 Å². The summed E-state index contributed by atoms with van der Waals surface area (Å²) in [6, 6.07) is 1.92. The maximum Gasteiger partial charge on any atom is 0.221 e. The summed E-state index contributed by atoms with van der Waals surface area (Å²) < 4.78 is 0. The molecule has 84 valence electrons. The molecule has 0 spiro atoms. The highest BCUT2D eigenvalue weighted by Crippen LogP contribution is 2.21. The fourth-order valence-electron chi connectivity index (χ4n) is 1.21. The molecule has 0 radical (unpaired) electrons. The zero-order chi connectivity index (χ0) is 11.1. The van der Waals surface area contributed by atoms with Crippen LogP contribution in [-0.4, -0.2) is 19.0 Å². The lowest BCUT2D eigenvalue weighted by atomic mass is 10.3. The van der Waals surface area contributed by atoms with Gasteiger partial charge in [-0.2, -0.15) is 0 Å². The maximum absolute atomic E-state index is 10.9. The summed E-state index contributed by atoms with van der Waals surface area (Å²) in [5.74, 6) is -0.0309. The minimum Gasteiger partial charge on any atom is -0.330 e. The van der Waals surface area contributed by atoms with Gasteiger partial charge in [-0.25, -0.2) is 0 Å². The van der Waals surface area contributed by atoms with Crippen LogP contribution in [0.3, 0.4) is 0 Å². The van der Waals surface area contributed by atoms with Crippen molar-refractivity contribution in [3.8, 4) is 0 Å². The van der Waals surface area contributed by atoms with Crippen LogP contribution in [0, 0.1) is 0 Å². The molecular formula is C10H17N3OS. The van der Waals surface area contributed by atoms with E-state index in [1.54, 1.807) is 11.3 Å². The number of nitrogens with one attached hydrogen (secondary N) is 2. The van der Waals surface area contributed by atoms with Crippen LogP contribution in [0.2, 0.25) is 0 Å². The summed E-state index contributed by atoms with van der Waals surface area (Å²) in [7, 11) is 0. The molecular weight excluding hydrogens is 210 g/mol. The first-order valence-corrected chi connectivity index (χ1v) is 5.86. The molecule has 1 rings (SSSR count). The zero-order valence-corrected chi connectivity index (χ0v) is 9.69. The van der Waals surface area contributed by atoms with E-state index in [0.29, 0.717) is 6.54 Å². The Balaban J connectivity index is 2.39. The molecule has 0 unspecified atom stereocenters. The fourth-order valence-corrected chi connectivity index (χ4v) is 2.01. The van der Waals surface area contributed by atoms with Crippen molar-refractivity contribution in [3.63, 3.8) is 0 Å². The molecule has 0 saturated carbocycles. The number of amides is 1. The third kappa shape index (κ3) is 4.42. The van der Waals surface area contributed by atoms with Crippen molar-refractivity contribution in [3.05, 3.63) is 16.3 Å². The van der Waals surface area contributed by atoms with Crippen molar-refractivity contribution in [1.82, 2.24) is 5.32 Å². The standard InChI is InChI=1S/C10H17N3OS/c1-8(14)13-9-3-6-15-10(9)7-12-5-2-4-11/h3,6,12H,2,4-5,7,11H2,1H3,(H,13,14). The van der Waals surface area contributed by atoms with Gasteiger partial charge in [-0.05, 0) is 31.0 Å². The van der Waals surface area contributed by atoms with Crippen LogP contribution in [0.5, 0.6) is 0 Å². The van der Waals surface area contributed by atoms with Gasteiger partial charge in [0, 0.05) is 18.3 Å². The molecule has 5 heteroatoms. The first-order chi connectivity index (χ1) is 7.24. The topological polar surface area (TPSA) is 67.2 Å². The number of nitrogens with two attached hydrogens (primary N) is 1. The van der Waals surface area contributed by atoms with Gasteiger partial charge in [0.15, 0.2) is 0 Å². The lowest BCUT2D eigenvalue weighted by molar-refractivity contribution is -0.114. The van der Waals surface area contributed by atoms with E-state index >= 15 is 0 Å². The highest BCUT2D eigenvalue weighted by molar-refractivity contribution is 7.10. The largest absolute Gasteiger partial charge is 0.330 e. The van der Waals surface area contributed by atoms with Gasteiger partial charge in [0.05, 0.1) is 5.69 Å². The first-order valence-electron chi connectivity index (χ1n) is 4.98. The summed E-state index contributed by atoms with van der Waals surface area (Å²) in [6.45, 7) is 3.92. The third-order valence-electron chi connectivity index (χ3n) is 1.90. The first kappa shape index (κ1) is 12.2. The Kier molecular flexibility index (Phi) is 5.31. The van der Waals surface area contributed by atoms with Crippen molar-refractivity contribution in [2.75, 3.05) is 18.4 Å².